The SMILES string of the molecule is COc1ccc(S(=O)(=O)N2CCC[C@H](C(=O)NCCNS(=O)(=O)c3ccc(C)cc3)C2)cc1Cl. The van der Waals surface area contributed by atoms with Crippen LogP contribution in [0.15, 0.2) is 52.3 Å². The Bertz CT molecular complexity index is 1230. The molecule has 1 aliphatic heterocycles. The van der Waals surface area contributed by atoms with E-state index in [1.165, 1.54) is 41.7 Å². The van der Waals surface area contributed by atoms with E-state index in [9.17, 15) is 21.6 Å². The lowest BCUT2D eigenvalue weighted by Crippen LogP contribution is -2.46. The van der Waals surface area contributed by atoms with E-state index in [1.807, 2.05) is 6.92 Å². The van der Waals surface area contributed by atoms with E-state index in [0.717, 1.165) is 5.56 Å². The number of aryl methyl sites for hydroxylation is 1. The van der Waals surface area contributed by atoms with Gasteiger partial charge in [-0.05, 0) is 50.1 Å². The highest BCUT2D eigenvalue weighted by Gasteiger charge is 2.33. The fourth-order valence-corrected chi connectivity index (χ4v) is 6.55. The Kier molecular flexibility index (Phi) is 8.58. The topological polar surface area (TPSA) is 122 Å². The van der Waals surface area contributed by atoms with Crippen LogP contribution in [0.4, 0.5) is 0 Å². The van der Waals surface area contributed by atoms with Crippen molar-refractivity contribution in [1.82, 2.24) is 14.3 Å². The van der Waals surface area contributed by atoms with Gasteiger partial charge in [-0.2, -0.15) is 4.31 Å². The van der Waals surface area contributed by atoms with Gasteiger partial charge in [0.25, 0.3) is 0 Å². The third kappa shape index (κ3) is 6.28. The van der Waals surface area contributed by atoms with E-state index < -0.39 is 26.0 Å². The first-order valence-corrected chi connectivity index (χ1v) is 14.0. The molecule has 12 heteroatoms. The fourth-order valence-electron chi connectivity index (χ4n) is 3.65. The van der Waals surface area contributed by atoms with Crippen LogP contribution in [0.3, 0.4) is 0 Å². The fraction of sp³-hybridized carbons (Fsp3) is 0.409. The van der Waals surface area contributed by atoms with Crippen molar-refractivity contribution in [3.05, 3.63) is 53.1 Å². The Morgan fingerprint density at radius 2 is 1.76 bits per heavy atom. The molecule has 0 spiro atoms. The maximum atomic E-state index is 13.1. The summed E-state index contributed by atoms with van der Waals surface area (Å²) >= 11 is 6.08. The molecule has 1 fully saturated rings. The maximum absolute atomic E-state index is 13.1. The van der Waals surface area contributed by atoms with Crippen molar-refractivity contribution in [1.29, 1.82) is 0 Å². The summed E-state index contributed by atoms with van der Waals surface area (Å²) in [6.07, 6.45) is 1.07. The Morgan fingerprint density at radius 3 is 2.41 bits per heavy atom. The van der Waals surface area contributed by atoms with Crippen molar-refractivity contribution >= 4 is 37.6 Å². The van der Waals surface area contributed by atoms with Gasteiger partial charge in [-0.1, -0.05) is 29.3 Å². The van der Waals surface area contributed by atoms with Gasteiger partial charge < -0.3 is 10.1 Å². The summed E-state index contributed by atoms with van der Waals surface area (Å²) < 4.78 is 59.6. The van der Waals surface area contributed by atoms with Crippen molar-refractivity contribution in [2.45, 2.75) is 29.6 Å². The van der Waals surface area contributed by atoms with E-state index in [2.05, 4.69) is 10.0 Å². The highest BCUT2D eigenvalue weighted by atomic mass is 35.5. The number of hydrogen-bond acceptors (Lipinski definition) is 6. The van der Waals surface area contributed by atoms with Gasteiger partial charge in [0.05, 0.1) is 27.8 Å². The van der Waals surface area contributed by atoms with Crippen LogP contribution in [-0.4, -0.2) is 60.3 Å². The Hall–Kier alpha value is -2.18. The van der Waals surface area contributed by atoms with Crippen LogP contribution in [0.5, 0.6) is 5.75 Å². The van der Waals surface area contributed by atoms with Crippen LogP contribution >= 0.6 is 11.6 Å². The first kappa shape index (κ1) is 26.4. The lowest BCUT2D eigenvalue weighted by atomic mass is 9.99. The predicted octanol–water partition coefficient (Wildman–Crippen LogP) is 2.15. The second-order valence-electron chi connectivity index (χ2n) is 8.00. The van der Waals surface area contributed by atoms with E-state index in [0.29, 0.717) is 25.1 Å². The third-order valence-electron chi connectivity index (χ3n) is 5.56. The third-order valence-corrected chi connectivity index (χ3v) is 9.20. The van der Waals surface area contributed by atoms with Gasteiger partial charge in [0.15, 0.2) is 0 Å². The molecular weight excluding hydrogens is 502 g/mol. The number of sulfonamides is 2. The number of carbonyl (C=O) groups excluding carboxylic acids is 1. The summed E-state index contributed by atoms with van der Waals surface area (Å²) in [6, 6.07) is 10.7. The van der Waals surface area contributed by atoms with Crippen molar-refractivity contribution in [2.24, 2.45) is 5.92 Å². The highest BCUT2D eigenvalue weighted by Crippen LogP contribution is 2.30. The van der Waals surface area contributed by atoms with Gasteiger partial charge >= 0.3 is 0 Å². The lowest BCUT2D eigenvalue weighted by molar-refractivity contribution is -0.126. The molecule has 2 N–H and O–H groups in total. The molecule has 3 rings (SSSR count). The molecule has 0 saturated carbocycles. The van der Waals surface area contributed by atoms with E-state index in [1.54, 1.807) is 12.1 Å². The zero-order valence-electron chi connectivity index (χ0n) is 19.0. The lowest BCUT2D eigenvalue weighted by Gasteiger charge is -2.31. The smallest absolute Gasteiger partial charge is 0.243 e. The summed E-state index contributed by atoms with van der Waals surface area (Å²) in [5.41, 5.74) is 0.949. The molecule has 0 aliphatic carbocycles. The Balaban J connectivity index is 1.55. The number of amides is 1. The summed E-state index contributed by atoms with van der Waals surface area (Å²) in [7, 11) is -6.07. The maximum Gasteiger partial charge on any atom is 0.243 e. The molecule has 9 nitrogen and oxygen atoms in total. The van der Waals surface area contributed by atoms with Gasteiger partial charge in [-0.25, -0.2) is 21.6 Å². The zero-order chi connectivity index (χ0) is 24.9. The predicted molar refractivity (Wildman–Crippen MR) is 129 cm³/mol. The monoisotopic (exact) mass is 529 g/mol. The average Bonchev–Trinajstić information content (AvgIpc) is 2.82. The standard InChI is InChI=1S/C22H28ClN3O6S2/c1-16-5-7-18(8-6-16)33(28,29)25-12-11-24-22(27)17-4-3-13-26(15-17)34(30,31)19-9-10-21(32-2)20(23)14-19/h5-10,14,17,25H,3-4,11-13,15H2,1-2H3,(H,24,27)/t17-/m0/s1. The molecule has 1 aliphatic rings. The number of piperidine rings is 1. The van der Waals surface area contributed by atoms with Crippen LogP contribution in [0.2, 0.25) is 5.02 Å². The Labute approximate surface area is 205 Å². The van der Waals surface area contributed by atoms with Crippen molar-refractivity contribution in [3.63, 3.8) is 0 Å². The van der Waals surface area contributed by atoms with Crippen molar-refractivity contribution in [3.8, 4) is 5.75 Å². The van der Waals surface area contributed by atoms with Gasteiger partial charge in [-0.15, -0.1) is 0 Å². The number of nitrogens with zero attached hydrogens (tertiary/aromatic N) is 1. The van der Waals surface area contributed by atoms with Crippen LogP contribution in [0.25, 0.3) is 0 Å². The minimum Gasteiger partial charge on any atom is -0.495 e. The van der Waals surface area contributed by atoms with E-state index in [-0.39, 0.29) is 40.4 Å². The molecule has 1 heterocycles. The van der Waals surface area contributed by atoms with Crippen LogP contribution < -0.4 is 14.8 Å². The molecule has 0 unspecified atom stereocenters. The molecule has 1 amide bonds. The van der Waals surface area contributed by atoms with E-state index in [4.69, 9.17) is 16.3 Å². The number of benzene rings is 2. The van der Waals surface area contributed by atoms with Crippen molar-refractivity contribution < 1.29 is 26.4 Å². The van der Waals surface area contributed by atoms with Gasteiger partial charge in [-0.3, -0.25) is 4.79 Å². The summed E-state index contributed by atoms with van der Waals surface area (Å²) in [4.78, 5) is 12.8. The molecule has 1 saturated heterocycles. The molecule has 0 radical (unpaired) electrons. The molecule has 186 valence electrons. The molecular formula is C22H28ClN3O6S2. The summed E-state index contributed by atoms with van der Waals surface area (Å²) in [5, 5.41) is 2.88. The number of nitrogens with one attached hydrogen (secondary N) is 2. The summed E-state index contributed by atoms with van der Waals surface area (Å²) in [5.74, 6) is -0.484. The van der Waals surface area contributed by atoms with Crippen LogP contribution in [0, 0.1) is 12.8 Å². The molecule has 0 aromatic heterocycles. The second-order valence-corrected chi connectivity index (χ2v) is 12.1. The van der Waals surface area contributed by atoms with Crippen LogP contribution in [0.1, 0.15) is 18.4 Å². The number of halogens is 1. The summed E-state index contributed by atoms with van der Waals surface area (Å²) in [6.45, 7) is 2.30. The van der Waals surface area contributed by atoms with Crippen molar-refractivity contribution in [2.75, 3.05) is 33.3 Å². The molecule has 0 bridgehead atoms. The van der Waals surface area contributed by atoms with E-state index >= 15 is 0 Å². The molecule has 2 aromatic carbocycles. The normalized spacial score (nSPS) is 17.3. The largest absolute Gasteiger partial charge is 0.495 e. The van der Waals surface area contributed by atoms with Crippen LogP contribution in [-0.2, 0) is 24.8 Å². The number of methoxy groups -OCH3 is 1. The number of rotatable bonds is 9. The van der Waals surface area contributed by atoms with Gasteiger partial charge in [0.2, 0.25) is 26.0 Å². The molecule has 1 atom stereocenters. The van der Waals surface area contributed by atoms with Gasteiger partial charge in [0, 0.05) is 26.2 Å². The minimum absolute atomic E-state index is 0.0149. The number of carbonyl (C=O) groups is 1. The first-order valence-electron chi connectivity index (χ1n) is 10.7. The minimum atomic E-state index is -3.83. The molecule has 34 heavy (non-hydrogen) atoms. The highest BCUT2D eigenvalue weighted by molar-refractivity contribution is 7.89. The number of hydrogen-bond donors (Lipinski definition) is 2. The first-order chi connectivity index (χ1) is 16.0. The second kappa shape index (κ2) is 11.0. The number of ether oxygens (including phenoxy) is 1. The molecule has 2 aromatic rings. The van der Waals surface area contributed by atoms with Gasteiger partial charge in [0.1, 0.15) is 5.75 Å². The Morgan fingerprint density at radius 1 is 1.09 bits per heavy atom. The average molecular weight is 530 g/mol. The quantitative estimate of drug-likeness (QED) is 0.480. The zero-order valence-corrected chi connectivity index (χ0v) is 21.3.